The van der Waals surface area contributed by atoms with Crippen molar-refractivity contribution in [2.24, 2.45) is 11.8 Å². The Balaban J connectivity index is 1.95. The topological polar surface area (TPSA) is 29.5 Å². The van der Waals surface area contributed by atoms with Crippen LogP contribution >= 0.6 is 0 Å². The molecule has 2 rings (SSSR count). The Morgan fingerprint density at radius 3 is 2.80 bits per heavy atom. The summed E-state index contributed by atoms with van der Waals surface area (Å²) in [6.45, 7) is 3.91. The summed E-state index contributed by atoms with van der Waals surface area (Å²) in [5.41, 5.74) is -0.402. The van der Waals surface area contributed by atoms with Crippen molar-refractivity contribution in [1.29, 1.82) is 0 Å². The normalized spacial score (nSPS) is 42.8. The van der Waals surface area contributed by atoms with Gasteiger partial charge in [-0.1, -0.05) is 26.2 Å². The van der Waals surface area contributed by atoms with Crippen molar-refractivity contribution < 1.29 is 9.84 Å². The van der Waals surface area contributed by atoms with E-state index < -0.39 is 5.60 Å². The zero-order valence-corrected chi connectivity index (χ0v) is 9.87. The van der Waals surface area contributed by atoms with Crippen molar-refractivity contribution in [3.63, 3.8) is 0 Å². The highest BCUT2D eigenvalue weighted by Crippen LogP contribution is 2.39. The van der Waals surface area contributed by atoms with Gasteiger partial charge in [-0.2, -0.15) is 0 Å². The lowest BCUT2D eigenvalue weighted by atomic mass is 9.80. The fourth-order valence-corrected chi connectivity index (χ4v) is 3.20. The van der Waals surface area contributed by atoms with Crippen molar-refractivity contribution >= 4 is 0 Å². The Morgan fingerprint density at radius 1 is 1.27 bits per heavy atom. The van der Waals surface area contributed by atoms with Crippen LogP contribution in [0.15, 0.2) is 0 Å². The highest BCUT2D eigenvalue weighted by molar-refractivity contribution is 4.90. The van der Waals surface area contributed by atoms with Crippen LogP contribution in [0.4, 0.5) is 0 Å². The van der Waals surface area contributed by atoms with E-state index in [1.165, 1.54) is 25.7 Å². The Morgan fingerprint density at radius 2 is 2.13 bits per heavy atom. The maximum atomic E-state index is 10.7. The smallest absolute Gasteiger partial charge is 0.0698 e. The van der Waals surface area contributed by atoms with Gasteiger partial charge in [-0.05, 0) is 31.6 Å². The molecule has 0 bridgehead atoms. The van der Waals surface area contributed by atoms with Gasteiger partial charge in [0.25, 0.3) is 0 Å². The Bertz CT molecular complexity index is 199. The Hall–Kier alpha value is -0.0800. The molecule has 2 fully saturated rings. The largest absolute Gasteiger partial charge is 0.390 e. The van der Waals surface area contributed by atoms with Gasteiger partial charge in [-0.15, -0.1) is 0 Å². The highest BCUT2D eigenvalue weighted by atomic mass is 16.5. The van der Waals surface area contributed by atoms with Crippen LogP contribution in [0.25, 0.3) is 0 Å². The third-order valence-electron chi connectivity index (χ3n) is 4.47. The predicted octanol–water partition coefficient (Wildman–Crippen LogP) is 2.74. The first kappa shape index (κ1) is 11.4. The second-order valence-corrected chi connectivity index (χ2v) is 5.37. The summed E-state index contributed by atoms with van der Waals surface area (Å²) in [5, 5.41) is 10.7. The van der Waals surface area contributed by atoms with Crippen molar-refractivity contribution in [2.45, 2.75) is 57.5 Å². The summed E-state index contributed by atoms with van der Waals surface area (Å²) < 4.78 is 5.41. The molecule has 1 aliphatic heterocycles. The first-order valence-electron chi connectivity index (χ1n) is 6.55. The fourth-order valence-electron chi connectivity index (χ4n) is 3.20. The SMILES string of the molecule is CCC1CCCC(O)(C2CCOC2)CC1. The highest BCUT2D eigenvalue weighted by Gasteiger charge is 2.39. The molecule has 0 radical (unpaired) electrons. The minimum absolute atomic E-state index is 0.402. The van der Waals surface area contributed by atoms with Gasteiger partial charge in [0.05, 0.1) is 12.2 Å². The molecular weight excluding hydrogens is 188 g/mol. The summed E-state index contributed by atoms with van der Waals surface area (Å²) in [4.78, 5) is 0. The number of ether oxygens (including phenoxy) is 1. The number of rotatable bonds is 2. The van der Waals surface area contributed by atoms with E-state index in [0.29, 0.717) is 5.92 Å². The Kier molecular flexibility index (Phi) is 3.68. The fraction of sp³-hybridized carbons (Fsp3) is 1.00. The van der Waals surface area contributed by atoms with Gasteiger partial charge in [0.2, 0.25) is 0 Å². The van der Waals surface area contributed by atoms with Crippen LogP contribution in [0.5, 0.6) is 0 Å². The average molecular weight is 212 g/mol. The first-order valence-corrected chi connectivity index (χ1v) is 6.55. The summed E-state index contributed by atoms with van der Waals surface area (Å²) in [7, 11) is 0. The average Bonchev–Trinajstić information content (AvgIpc) is 2.71. The summed E-state index contributed by atoms with van der Waals surface area (Å²) in [6, 6.07) is 0. The zero-order valence-electron chi connectivity index (χ0n) is 9.87. The van der Waals surface area contributed by atoms with E-state index in [1.54, 1.807) is 0 Å². The quantitative estimate of drug-likeness (QED) is 0.713. The summed E-state index contributed by atoms with van der Waals surface area (Å²) >= 11 is 0. The van der Waals surface area contributed by atoms with Gasteiger partial charge in [0.1, 0.15) is 0 Å². The molecule has 2 heteroatoms. The molecule has 1 heterocycles. The molecule has 2 aliphatic rings. The van der Waals surface area contributed by atoms with Gasteiger partial charge in [-0.25, -0.2) is 0 Å². The van der Waals surface area contributed by atoms with Crippen molar-refractivity contribution in [2.75, 3.05) is 13.2 Å². The number of hydrogen-bond donors (Lipinski definition) is 1. The van der Waals surface area contributed by atoms with E-state index in [-0.39, 0.29) is 0 Å². The van der Waals surface area contributed by atoms with Gasteiger partial charge in [0.15, 0.2) is 0 Å². The van der Waals surface area contributed by atoms with Gasteiger partial charge in [0, 0.05) is 12.5 Å². The van der Waals surface area contributed by atoms with E-state index in [9.17, 15) is 5.11 Å². The molecule has 1 saturated carbocycles. The van der Waals surface area contributed by atoms with Gasteiger partial charge >= 0.3 is 0 Å². The van der Waals surface area contributed by atoms with Crippen LogP contribution < -0.4 is 0 Å². The molecule has 88 valence electrons. The number of aliphatic hydroxyl groups is 1. The molecule has 0 spiro atoms. The second kappa shape index (κ2) is 4.84. The third-order valence-corrected chi connectivity index (χ3v) is 4.47. The molecule has 3 unspecified atom stereocenters. The van der Waals surface area contributed by atoms with E-state index in [0.717, 1.165) is 38.4 Å². The minimum Gasteiger partial charge on any atom is -0.390 e. The predicted molar refractivity (Wildman–Crippen MR) is 60.7 cm³/mol. The second-order valence-electron chi connectivity index (χ2n) is 5.37. The molecule has 1 aliphatic carbocycles. The molecule has 1 N–H and O–H groups in total. The maximum absolute atomic E-state index is 10.7. The van der Waals surface area contributed by atoms with Gasteiger partial charge in [-0.3, -0.25) is 0 Å². The Labute approximate surface area is 93.0 Å². The van der Waals surface area contributed by atoms with E-state index in [2.05, 4.69) is 6.92 Å². The maximum Gasteiger partial charge on any atom is 0.0698 e. The number of hydrogen-bond acceptors (Lipinski definition) is 2. The lowest BCUT2D eigenvalue weighted by Crippen LogP contribution is -2.37. The minimum atomic E-state index is -0.402. The molecule has 0 amide bonds. The summed E-state index contributed by atoms with van der Waals surface area (Å²) in [6.07, 6.45) is 8.06. The molecule has 2 nitrogen and oxygen atoms in total. The molecule has 0 aromatic rings. The lowest BCUT2D eigenvalue weighted by Gasteiger charge is -2.32. The lowest BCUT2D eigenvalue weighted by molar-refractivity contribution is -0.0351. The van der Waals surface area contributed by atoms with Gasteiger partial charge < -0.3 is 9.84 Å². The molecule has 3 atom stereocenters. The van der Waals surface area contributed by atoms with Crippen LogP contribution in [0.3, 0.4) is 0 Å². The van der Waals surface area contributed by atoms with Crippen LogP contribution in [-0.4, -0.2) is 23.9 Å². The molecule has 1 saturated heterocycles. The van der Waals surface area contributed by atoms with Crippen LogP contribution in [0.2, 0.25) is 0 Å². The first-order chi connectivity index (χ1) is 7.24. The third kappa shape index (κ3) is 2.54. The van der Waals surface area contributed by atoms with Crippen molar-refractivity contribution in [1.82, 2.24) is 0 Å². The van der Waals surface area contributed by atoms with Crippen LogP contribution in [-0.2, 0) is 4.74 Å². The zero-order chi connectivity index (χ0) is 10.7. The standard InChI is InChI=1S/C13H24O2/c1-2-11-4-3-7-13(14,8-5-11)12-6-9-15-10-12/h11-12,14H,2-10H2,1H3. The molecule has 15 heavy (non-hydrogen) atoms. The van der Waals surface area contributed by atoms with E-state index in [1.807, 2.05) is 0 Å². The molecular formula is C13H24O2. The molecule has 0 aromatic heterocycles. The van der Waals surface area contributed by atoms with E-state index >= 15 is 0 Å². The molecule has 0 aromatic carbocycles. The van der Waals surface area contributed by atoms with Crippen LogP contribution in [0, 0.1) is 11.8 Å². The van der Waals surface area contributed by atoms with E-state index in [4.69, 9.17) is 4.74 Å². The van der Waals surface area contributed by atoms with Crippen molar-refractivity contribution in [3.05, 3.63) is 0 Å². The van der Waals surface area contributed by atoms with Crippen molar-refractivity contribution in [3.8, 4) is 0 Å². The monoisotopic (exact) mass is 212 g/mol. The van der Waals surface area contributed by atoms with Crippen LogP contribution in [0.1, 0.15) is 51.9 Å². The summed E-state index contributed by atoms with van der Waals surface area (Å²) in [5.74, 6) is 1.26.